The Morgan fingerprint density at radius 2 is 1.77 bits per heavy atom. The van der Waals surface area contributed by atoms with Crippen molar-refractivity contribution in [2.75, 3.05) is 0 Å². The van der Waals surface area contributed by atoms with Crippen molar-refractivity contribution in [2.24, 2.45) is 0 Å². The molecule has 0 fully saturated rings. The van der Waals surface area contributed by atoms with Crippen LogP contribution in [0.25, 0.3) is 10.9 Å². The largest absolute Gasteiger partial charge is 0.346 e. The molecule has 0 saturated carbocycles. The van der Waals surface area contributed by atoms with Gasteiger partial charge in [-0.05, 0) is 37.1 Å². The van der Waals surface area contributed by atoms with Crippen LogP contribution < -0.4 is 5.43 Å². The van der Waals surface area contributed by atoms with Crippen LogP contribution in [0.15, 0.2) is 57.2 Å². The number of halogens is 2. The van der Waals surface area contributed by atoms with Gasteiger partial charge in [0.1, 0.15) is 4.90 Å². The number of aryl methyl sites for hydroxylation is 2. The van der Waals surface area contributed by atoms with Crippen molar-refractivity contribution in [3.63, 3.8) is 0 Å². The summed E-state index contributed by atoms with van der Waals surface area (Å²) in [6.07, 6.45) is 1.84. The molecule has 0 aliphatic carbocycles. The molecule has 0 aliphatic heterocycles. The molecule has 0 bridgehead atoms. The lowest BCUT2D eigenvalue weighted by molar-refractivity contribution is 0.509. The molecule has 0 spiro atoms. The molecular formula is C19H17F2NO3S. The summed E-state index contributed by atoms with van der Waals surface area (Å²) in [4.78, 5) is 12.3. The summed E-state index contributed by atoms with van der Waals surface area (Å²) in [7, 11) is -4.10. The molecule has 3 aromatic rings. The van der Waals surface area contributed by atoms with Gasteiger partial charge in [0.05, 0.1) is 15.8 Å². The maximum atomic E-state index is 13.7. The molecule has 4 nitrogen and oxygen atoms in total. The van der Waals surface area contributed by atoms with Gasteiger partial charge in [-0.25, -0.2) is 17.2 Å². The van der Waals surface area contributed by atoms with Gasteiger partial charge in [0, 0.05) is 18.8 Å². The van der Waals surface area contributed by atoms with Crippen LogP contribution in [0.1, 0.15) is 18.9 Å². The number of hydrogen-bond acceptors (Lipinski definition) is 3. The van der Waals surface area contributed by atoms with E-state index in [2.05, 4.69) is 0 Å². The van der Waals surface area contributed by atoms with Crippen LogP contribution in [0.2, 0.25) is 0 Å². The zero-order valence-corrected chi connectivity index (χ0v) is 15.1. The topological polar surface area (TPSA) is 56.1 Å². The molecule has 2 aromatic carbocycles. The third-order valence-corrected chi connectivity index (χ3v) is 5.89. The SMILES string of the molecule is CCCn1cc(S(=O)(=O)c2cccc(C)c2)c(=O)c2cc(F)c(F)cc21. The van der Waals surface area contributed by atoms with E-state index in [9.17, 15) is 22.0 Å². The first kappa shape index (κ1) is 18.3. The molecule has 0 aliphatic rings. The Morgan fingerprint density at radius 3 is 2.42 bits per heavy atom. The third kappa shape index (κ3) is 3.03. The van der Waals surface area contributed by atoms with Crippen LogP contribution in [0.3, 0.4) is 0 Å². The molecule has 3 rings (SSSR count). The molecule has 0 unspecified atom stereocenters. The fourth-order valence-electron chi connectivity index (χ4n) is 2.89. The minimum Gasteiger partial charge on any atom is -0.346 e. The van der Waals surface area contributed by atoms with Gasteiger partial charge < -0.3 is 4.57 Å². The zero-order chi connectivity index (χ0) is 19.1. The van der Waals surface area contributed by atoms with Gasteiger partial charge in [-0.15, -0.1) is 0 Å². The number of hydrogen-bond donors (Lipinski definition) is 0. The van der Waals surface area contributed by atoms with E-state index < -0.39 is 31.8 Å². The molecule has 1 aromatic heterocycles. The van der Waals surface area contributed by atoms with Gasteiger partial charge in [0.15, 0.2) is 11.6 Å². The molecular weight excluding hydrogens is 360 g/mol. The summed E-state index contributed by atoms with van der Waals surface area (Å²) >= 11 is 0. The van der Waals surface area contributed by atoms with E-state index in [1.807, 2.05) is 6.92 Å². The first-order valence-electron chi connectivity index (χ1n) is 8.09. The smallest absolute Gasteiger partial charge is 0.211 e. The summed E-state index contributed by atoms with van der Waals surface area (Å²) in [5, 5.41) is -0.161. The van der Waals surface area contributed by atoms with Crippen LogP contribution >= 0.6 is 0 Å². The molecule has 0 saturated heterocycles. The van der Waals surface area contributed by atoms with E-state index in [0.717, 1.165) is 17.7 Å². The molecule has 0 radical (unpaired) electrons. The van der Waals surface area contributed by atoms with Crippen LogP contribution in [0.5, 0.6) is 0 Å². The lowest BCUT2D eigenvalue weighted by Gasteiger charge is -2.13. The number of rotatable bonds is 4. The number of benzene rings is 2. The van der Waals surface area contributed by atoms with Gasteiger partial charge in [0.25, 0.3) is 0 Å². The second kappa shape index (κ2) is 6.64. The number of pyridine rings is 1. The molecule has 1 heterocycles. The Labute approximate surface area is 149 Å². The maximum Gasteiger partial charge on any atom is 0.211 e. The van der Waals surface area contributed by atoms with Crippen LogP contribution in [-0.2, 0) is 16.4 Å². The van der Waals surface area contributed by atoms with Gasteiger partial charge in [-0.1, -0.05) is 19.1 Å². The Morgan fingerprint density at radius 1 is 1.08 bits per heavy atom. The summed E-state index contributed by atoms with van der Waals surface area (Å²) in [5.41, 5.74) is 0.0561. The average Bonchev–Trinajstić information content (AvgIpc) is 2.59. The highest BCUT2D eigenvalue weighted by atomic mass is 32.2. The van der Waals surface area contributed by atoms with Crippen molar-refractivity contribution in [3.05, 3.63) is 70.0 Å². The minimum atomic E-state index is -4.10. The van der Waals surface area contributed by atoms with Crippen molar-refractivity contribution in [3.8, 4) is 0 Å². The average molecular weight is 377 g/mol. The molecule has 0 atom stereocenters. The van der Waals surface area contributed by atoms with Crippen LogP contribution in [0.4, 0.5) is 8.78 Å². The van der Waals surface area contributed by atoms with Gasteiger partial charge in [0.2, 0.25) is 15.3 Å². The quantitative estimate of drug-likeness (QED) is 0.694. The van der Waals surface area contributed by atoms with Gasteiger partial charge in [-0.3, -0.25) is 4.79 Å². The normalized spacial score (nSPS) is 11.8. The monoisotopic (exact) mass is 377 g/mol. The van der Waals surface area contributed by atoms with E-state index in [1.54, 1.807) is 19.1 Å². The third-order valence-electron chi connectivity index (χ3n) is 4.14. The number of fused-ring (bicyclic) bond motifs is 1. The predicted molar refractivity (Wildman–Crippen MR) is 95.0 cm³/mol. The first-order valence-corrected chi connectivity index (χ1v) is 9.58. The second-order valence-corrected chi connectivity index (χ2v) is 8.04. The lowest BCUT2D eigenvalue weighted by Crippen LogP contribution is -2.20. The number of sulfone groups is 1. The molecule has 0 N–H and O–H groups in total. The molecule has 26 heavy (non-hydrogen) atoms. The van der Waals surface area contributed by atoms with Crippen molar-refractivity contribution in [1.82, 2.24) is 4.57 Å². The number of nitrogens with zero attached hydrogens (tertiary/aromatic N) is 1. The van der Waals surface area contributed by atoms with E-state index in [4.69, 9.17) is 0 Å². The summed E-state index contributed by atoms with van der Waals surface area (Å²) in [6.45, 7) is 3.96. The minimum absolute atomic E-state index is 0.0143. The van der Waals surface area contributed by atoms with Crippen LogP contribution in [0, 0.1) is 18.6 Å². The van der Waals surface area contributed by atoms with Gasteiger partial charge >= 0.3 is 0 Å². The highest BCUT2D eigenvalue weighted by molar-refractivity contribution is 7.91. The molecule has 136 valence electrons. The van der Waals surface area contributed by atoms with E-state index >= 15 is 0 Å². The Kier molecular flexibility index (Phi) is 4.66. The van der Waals surface area contributed by atoms with Crippen molar-refractivity contribution in [2.45, 2.75) is 36.6 Å². The molecule has 7 heteroatoms. The Hall–Kier alpha value is -2.54. The standard InChI is InChI=1S/C19H17F2NO3S/c1-3-7-22-11-18(26(24,25)13-6-4-5-12(2)8-13)19(23)14-9-15(20)16(21)10-17(14)22/h4-6,8-11H,3,7H2,1-2H3. The summed E-state index contributed by atoms with van der Waals surface area (Å²) in [6, 6.07) is 7.88. The van der Waals surface area contributed by atoms with Crippen molar-refractivity contribution >= 4 is 20.7 Å². The highest BCUT2D eigenvalue weighted by Gasteiger charge is 2.24. The van der Waals surface area contributed by atoms with E-state index in [1.165, 1.54) is 22.9 Å². The predicted octanol–water partition coefficient (Wildman–Crippen LogP) is 3.83. The fourth-order valence-corrected chi connectivity index (χ4v) is 4.36. The summed E-state index contributed by atoms with van der Waals surface area (Å²) < 4.78 is 54.7. The Balaban J connectivity index is 2.38. The number of aromatic nitrogens is 1. The molecule has 0 amide bonds. The summed E-state index contributed by atoms with van der Waals surface area (Å²) in [5.74, 6) is -2.28. The lowest BCUT2D eigenvalue weighted by atomic mass is 10.2. The van der Waals surface area contributed by atoms with Crippen molar-refractivity contribution < 1.29 is 17.2 Å². The van der Waals surface area contributed by atoms with Crippen molar-refractivity contribution in [1.29, 1.82) is 0 Å². The fraction of sp³-hybridized carbons (Fsp3) is 0.211. The van der Waals surface area contributed by atoms with Gasteiger partial charge in [-0.2, -0.15) is 0 Å². The van der Waals surface area contributed by atoms with E-state index in [0.29, 0.717) is 13.0 Å². The maximum absolute atomic E-state index is 13.7. The zero-order valence-electron chi connectivity index (χ0n) is 14.3. The second-order valence-electron chi connectivity index (χ2n) is 6.12. The highest BCUT2D eigenvalue weighted by Crippen LogP contribution is 2.23. The Bertz CT molecular complexity index is 1170. The van der Waals surface area contributed by atoms with E-state index in [-0.39, 0.29) is 15.8 Å². The first-order chi connectivity index (χ1) is 12.3. The van der Waals surface area contributed by atoms with Crippen LogP contribution in [-0.4, -0.2) is 13.0 Å².